The normalized spacial score (nSPS) is 15.4. The predicted molar refractivity (Wildman–Crippen MR) is 111 cm³/mol. The molecule has 1 fully saturated rings. The van der Waals surface area contributed by atoms with Gasteiger partial charge in [-0.15, -0.1) is 0 Å². The number of nitrogens with one attached hydrogen (secondary N) is 2. The average Bonchev–Trinajstić information content (AvgIpc) is 2.73. The van der Waals surface area contributed by atoms with E-state index in [2.05, 4.69) is 10.0 Å². The van der Waals surface area contributed by atoms with Gasteiger partial charge in [-0.05, 0) is 41.1 Å². The van der Waals surface area contributed by atoms with Crippen LogP contribution in [0.3, 0.4) is 0 Å². The highest BCUT2D eigenvalue weighted by atomic mass is 32.2. The second-order valence-corrected chi connectivity index (χ2v) is 8.76. The van der Waals surface area contributed by atoms with Gasteiger partial charge >= 0.3 is 6.18 Å². The van der Waals surface area contributed by atoms with Gasteiger partial charge in [-0.3, -0.25) is 4.72 Å². The molecule has 1 saturated heterocycles. The molecule has 4 rings (SSSR count). The smallest absolute Gasteiger partial charge is 0.367 e. The number of hydrogen-bond acceptors (Lipinski definition) is 4. The summed E-state index contributed by atoms with van der Waals surface area (Å²) in [4.78, 5) is 1.86. The Morgan fingerprint density at radius 3 is 2.30 bits per heavy atom. The Balaban J connectivity index is 1.75. The zero-order valence-electron chi connectivity index (χ0n) is 15.9. The summed E-state index contributed by atoms with van der Waals surface area (Å²) in [6, 6.07) is 15.1. The molecule has 0 amide bonds. The maximum atomic E-state index is 13.3. The van der Waals surface area contributed by atoms with E-state index in [0.29, 0.717) is 31.9 Å². The lowest BCUT2D eigenvalue weighted by molar-refractivity contribution is -0.137. The second-order valence-electron chi connectivity index (χ2n) is 7.08. The minimum Gasteiger partial charge on any atom is -0.367 e. The highest BCUT2D eigenvalue weighted by Gasteiger charge is 2.32. The summed E-state index contributed by atoms with van der Waals surface area (Å²) in [7, 11) is -4.09. The number of sulfonamides is 1. The van der Waals surface area contributed by atoms with E-state index < -0.39 is 21.8 Å². The lowest BCUT2D eigenvalue weighted by atomic mass is 10.1. The van der Waals surface area contributed by atoms with Crippen molar-refractivity contribution in [3.63, 3.8) is 0 Å². The Kier molecular flexibility index (Phi) is 5.33. The molecular weight excluding hydrogens is 415 g/mol. The molecule has 1 heterocycles. The summed E-state index contributed by atoms with van der Waals surface area (Å²) in [5.41, 5.74) is -0.564. The molecule has 0 saturated carbocycles. The van der Waals surface area contributed by atoms with Crippen molar-refractivity contribution in [3.8, 4) is 0 Å². The maximum absolute atomic E-state index is 13.3. The van der Waals surface area contributed by atoms with E-state index in [1.54, 1.807) is 18.2 Å². The van der Waals surface area contributed by atoms with Gasteiger partial charge in [-0.25, -0.2) is 8.42 Å². The first-order valence-corrected chi connectivity index (χ1v) is 10.9. The predicted octanol–water partition coefficient (Wildman–Crippen LogP) is 4.07. The number of piperazine rings is 1. The van der Waals surface area contributed by atoms with E-state index in [9.17, 15) is 21.6 Å². The first-order valence-electron chi connectivity index (χ1n) is 9.43. The van der Waals surface area contributed by atoms with Crippen LogP contribution in [0.5, 0.6) is 0 Å². The summed E-state index contributed by atoms with van der Waals surface area (Å²) in [5, 5.41) is 4.77. The molecule has 3 aromatic carbocycles. The van der Waals surface area contributed by atoms with Crippen LogP contribution in [-0.4, -0.2) is 34.6 Å². The lowest BCUT2D eigenvalue weighted by Crippen LogP contribution is -2.43. The van der Waals surface area contributed by atoms with Crippen LogP contribution in [-0.2, 0) is 16.2 Å². The van der Waals surface area contributed by atoms with Crippen molar-refractivity contribution in [1.29, 1.82) is 0 Å². The molecule has 1 aliphatic heterocycles. The van der Waals surface area contributed by atoms with Crippen molar-refractivity contribution in [1.82, 2.24) is 5.32 Å². The van der Waals surface area contributed by atoms with E-state index >= 15 is 0 Å². The molecule has 0 aliphatic carbocycles. The molecule has 1 aliphatic rings. The van der Waals surface area contributed by atoms with Crippen molar-refractivity contribution in [3.05, 3.63) is 66.2 Å². The van der Waals surface area contributed by atoms with Gasteiger partial charge in [0.05, 0.1) is 21.8 Å². The molecule has 2 N–H and O–H groups in total. The summed E-state index contributed by atoms with van der Waals surface area (Å²) in [6.45, 7) is 2.46. The van der Waals surface area contributed by atoms with Crippen LogP contribution >= 0.6 is 0 Å². The van der Waals surface area contributed by atoms with Crippen LogP contribution in [0.25, 0.3) is 10.8 Å². The highest BCUT2D eigenvalue weighted by molar-refractivity contribution is 7.92. The van der Waals surface area contributed by atoms with Crippen molar-refractivity contribution in [2.45, 2.75) is 11.1 Å². The first kappa shape index (κ1) is 20.5. The topological polar surface area (TPSA) is 61.4 Å². The number of anilines is 2. The van der Waals surface area contributed by atoms with Crippen LogP contribution in [0.15, 0.2) is 65.6 Å². The van der Waals surface area contributed by atoms with Crippen LogP contribution < -0.4 is 14.9 Å². The molecule has 158 valence electrons. The standard InChI is InChI=1S/C21H20F3N3O2S/c22-21(23,24)17-6-8-20(27-11-9-25-10-12-27)19(14-17)26-30(28,29)18-7-5-15-3-1-2-4-16(15)13-18/h1-8,13-14,25-26H,9-12H2. The Hall–Kier alpha value is -2.78. The summed E-state index contributed by atoms with van der Waals surface area (Å²) >= 11 is 0. The number of halogens is 3. The Labute approximate surface area is 172 Å². The van der Waals surface area contributed by atoms with Gasteiger partial charge in [-0.1, -0.05) is 30.3 Å². The fraction of sp³-hybridized carbons (Fsp3) is 0.238. The lowest BCUT2D eigenvalue weighted by Gasteiger charge is -2.31. The number of rotatable bonds is 4. The van der Waals surface area contributed by atoms with Crippen molar-refractivity contribution < 1.29 is 21.6 Å². The van der Waals surface area contributed by atoms with Crippen LogP contribution in [0, 0.1) is 0 Å². The van der Waals surface area contributed by atoms with Gasteiger partial charge in [0.25, 0.3) is 10.0 Å². The number of fused-ring (bicyclic) bond motifs is 1. The van der Waals surface area contributed by atoms with Gasteiger partial charge in [0.1, 0.15) is 0 Å². The molecule has 0 atom stereocenters. The van der Waals surface area contributed by atoms with Gasteiger partial charge in [0.2, 0.25) is 0 Å². The maximum Gasteiger partial charge on any atom is 0.416 e. The third kappa shape index (κ3) is 4.22. The monoisotopic (exact) mass is 435 g/mol. The zero-order valence-corrected chi connectivity index (χ0v) is 16.7. The highest BCUT2D eigenvalue weighted by Crippen LogP contribution is 2.36. The molecular formula is C21H20F3N3O2S. The second kappa shape index (κ2) is 7.81. The van der Waals surface area contributed by atoms with Crippen molar-refractivity contribution in [2.75, 3.05) is 35.8 Å². The van der Waals surface area contributed by atoms with Gasteiger partial charge in [-0.2, -0.15) is 13.2 Å². The van der Waals surface area contributed by atoms with E-state index in [1.807, 2.05) is 17.0 Å². The van der Waals surface area contributed by atoms with Crippen LogP contribution in [0.1, 0.15) is 5.56 Å². The molecule has 30 heavy (non-hydrogen) atoms. The molecule has 0 aromatic heterocycles. The molecule has 0 radical (unpaired) electrons. The van der Waals surface area contributed by atoms with E-state index in [1.165, 1.54) is 18.2 Å². The summed E-state index contributed by atoms with van der Waals surface area (Å²) in [5.74, 6) is 0. The summed E-state index contributed by atoms with van der Waals surface area (Å²) < 4.78 is 68.2. The van der Waals surface area contributed by atoms with Crippen molar-refractivity contribution in [2.24, 2.45) is 0 Å². The Morgan fingerprint density at radius 2 is 1.60 bits per heavy atom. The zero-order chi connectivity index (χ0) is 21.4. The minimum atomic E-state index is -4.58. The number of benzene rings is 3. The molecule has 5 nitrogen and oxygen atoms in total. The number of hydrogen-bond donors (Lipinski definition) is 2. The Morgan fingerprint density at radius 1 is 0.900 bits per heavy atom. The first-order chi connectivity index (χ1) is 14.2. The molecule has 0 bridgehead atoms. The van der Waals surface area contributed by atoms with Gasteiger partial charge in [0, 0.05) is 26.2 Å². The fourth-order valence-electron chi connectivity index (χ4n) is 3.51. The third-order valence-electron chi connectivity index (χ3n) is 5.06. The van der Waals surface area contributed by atoms with E-state index in [-0.39, 0.29) is 10.6 Å². The largest absolute Gasteiger partial charge is 0.416 e. The van der Waals surface area contributed by atoms with Gasteiger partial charge < -0.3 is 10.2 Å². The molecule has 0 spiro atoms. The number of nitrogens with zero attached hydrogens (tertiary/aromatic N) is 1. The van der Waals surface area contributed by atoms with E-state index in [4.69, 9.17) is 0 Å². The van der Waals surface area contributed by atoms with Gasteiger partial charge in [0.15, 0.2) is 0 Å². The number of alkyl halides is 3. The van der Waals surface area contributed by atoms with Crippen LogP contribution in [0.4, 0.5) is 24.5 Å². The quantitative estimate of drug-likeness (QED) is 0.649. The minimum absolute atomic E-state index is 0.00938. The average molecular weight is 435 g/mol. The SMILES string of the molecule is O=S(=O)(Nc1cc(C(F)(F)F)ccc1N1CCNCC1)c1ccc2ccccc2c1. The Bertz CT molecular complexity index is 1170. The molecule has 9 heteroatoms. The van der Waals surface area contributed by atoms with Crippen molar-refractivity contribution >= 4 is 32.2 Å². The molecule has 3 aromatic rings. The molecule has 0 unspecified atom stereocenters. The van der Waals surface area contributed by atoms with Crippen LogP contribution in [0.2, 0.25) is 0 Å². The fourth-order valence-corrected chi connectivity index (χ4v) is 4.61. The third-order valence-corrected chi connectivity index (χ3v) is 6.42. The van der Waals surface area contributed by atoms with E-state index in [0.717, 1.165) is 22.9 Å². The summed E-state index contributed by atoms with van der Waals surface area (Å²) in [6.07, 6.45) is -4.58.